The Morgan fingerprint density at radius 1 is 0.286 bits per heavy atom. The van der Waals surface area contributed by atoms with Crippen LogP contribution in [0.1, 0.15) is 248 Å². The second-order valence-electron chi connectivity index (χ2n) is 16.9. The summed E-state index contributed by atoms with van der Waals surface area (Å²) in [4.78, 5) is 0. The number of unbranched alkanes of at least 4 members (excludes halogenated alkanes) is 24. The van der Waals surface area contributed by atoms with Gasteiger partial charge in [0.05, 0.1) is 0 Å². The highest BCUT2D eigenvalue weighted by Crippen LogP contribution is 2.46. The van der Waals surface area contributed by atoms with Gasteiger partial charge in [0.1, 0.15) is 0 Å². The van der Waals surface area contributed by atoms with Gasteiger partial charge in [-0.1, -0.05) is 235 Å². The Labute approximate surface area is 270 Å². The molecule has 0 saturated carbocycles. The Kier molecular flexibility index (Phi) is 28.5. The van der Waals surface area contributed by atoms with Crippen molar-refractivity contribution in [3.8, 4) is 0 Å². The normalized spacial score (nSPS) is 12.7. The lowest BCUT2D eigenvalue weighted by molar-refractivity contribution is 0.0776. The first kappa shape index (κ1) is 42.0. The summed E-state index contributed by atoms with van der Waals surface area (Å²) in [5.74, 6) is 1.78. The molecular weight excluding hydrogens is 504 g/mol. The molecule has 0 amide bonds. The van der Waals surface area contributed by atoms with E-state index >= 15 is 0 Å². The van der Waals surface area contributed by atoms with Crippen LogP contribution >= 0.6 is 0 Å². The Bertz CT molecular complexity index is 483. The first-order chi connectivity index (χ1) is 20.1. The minimum Gasteiger partial charge on any atom is -0.0628 e. The zero-order chi connectivity index (χ0) is 31.4. The highest BCUT2D eigenvalue weighted by Gasteiger charge is 2.35. The fourth-order valence-corrected chi connectivity index (χ4v) is 6.90. The summed E-state index contributed by atoms with van der Waals surface area (Å²) >= 11 is 0. The van der Waals surface area contributed by atoms with Crippen LogP contribution in [0.4, 0.5) is 0 Å². The van der Waals surface area contributed by atoms with E-state index in [-0.39, 0.29) is 0 Å². The standard InChI is InChI=1S/C42H86/c1-39(2)35-31-27-23-19-15-11-9-13-17-21-25-29-33-37-42(8,41(5,6)7)38-34-30-26-22-18-14-10-12-16-20-24-28-32-36-40(3)4/h39-40H,9-38H2,1-8H3. The zero-order valence-electron chi connectivity index (χ0n) is 31.4. The fourth-order valence-electron chi connectivity index (χ4n) is 6.90. The summed E-state index contributed by atoms with van der Waals surface area (Å²) in [5.41, 5.74) is 0.937. The largest absolute Gasteiger partial charge is 0.0628 e. The Hall–Kier alpha value is 0. The molecule has 0 radical (unpaired) electrons. The minimum atomic E-state index is 0.426. The third-order valence-corrected chi connectivity index (χ3v) is 10.8. The second-order valence-corrected chi connectivity index (χ2v) is 16.9. The van der Waals surface area contributed by atoms with E-state index in [1.807, 2.05) is 0 Å². The van der Waals surface area contributed by atoms with Crippen molar-refractivity contribution in [1.82, 2.24) is 0 Å². The Morgan fingerprint density at radius 3 is 0.667 bits per heavy atom. The summed E-state index contributed by atoms with van der Waals surface area (Å²) in [5, 5.41) is 0. The lowest BCUT2D eigenvalue weighted by Gasteiger charge is -2.43. The van der Waals surface area contributed by atoms with E-state index in [0.717, 1.165) is 11.8 Å². The van der Waals surface area contributed by atoms with Crippen LogP contribution in [0.5, 0.6) is 0 Å². The van der Waals surface area contributed by atoms with E-state index in [4.69, 9.17) is 0 Å². The van der Waals surface area contributed by atoms with Crippen LogP contribution in [0.25, 0.3) is 0 Å². The number of hydrogen-bond acceptors (Lipinski definition) is 0. The third kappa shape index (κ3) is 27.5. The Morgan fingerprint density at radius 2 is 0.476 bits per heavy atom. The van der Waals surface area contributed by atoms with Crippen molar-refractivity contribution in [1.29, 1.82) is 0 Å². The molecule has 0 atom stereocenters. The highest BCUT2D eigenvalue weighted by molar-refractivity contribution is 4.86. The second kappa shape index (κ2) is 28.5. The predicted molar refractivity (Wildman–Crippen MR) is 196 cm³/mol. The smallest absolute Gasteiger partial charge is 0.0277 e. The molecule has 0 unspecified atom stereocenters. The first-order valence-corrected chi connectivity index (χ1v) is 20.1. The van der Waals surface area contributed by atoms with Crippen molar-refractivity contribution in [2.24, 2.45) is 22.7 Å². The molecule has 0 aromatic heterocycles. The predicted octanol–water partition coefficient (Wildman–Crippen LogP) is 16.1. The van der Waals surface area contributed by atoms with Gasteiger partial charge in [0, 0.05) is 0 Å². The molecule has 0 aromatic carbocycles. The molecule has 0 nitrogen and oxygen atoms in total. The summed E-state index contributed by atoms with van der Waals surface area (Å²) in [6.45, 7) is 19.5. The van der Waals surface area contributed by atoms with E-state index in [1.54, 1.807) is 0 Å². The van der Waals surface area contributed by atoms with Crippen LogP contribution in [0, 0.1) is 22.7 Å². The zero-order valence-corrected chi connectivity index (χ0v) is 31.4. The van der Waals surface area contributed by atoms with Crippen molar-refractivity contribution in [2.45, 2.75) is 248 Å². The summed E-state index contributed by atoms with van der Waals surface area (Å²) < 4.78 is 0. The molecule has 0 N–H and O–H groups in total. The summed E-state index contributed by atoms with van der Waals surface area (Å²) in [6, 6.07) is 0. The maximum Gasteiger partial charge on any atom is -0.0277 e. The van der Waals surface area contributed by atoms with Gasteiger partial charge >= 0.3 is 0 Å². The topological polar surface area (TPSA) is 0 Å². The molecule has 0 aliphatic heterocycles. The van der Waals surface area contributed by atoms with Crippen molar-refractivity contribution >= 4 is 0 Å². The van der Waals surface area contributed by atoms with Gasteiger partial charge in [-0.15, -0.1) is 0 Å². The maximum atomic E-state index is 2.61. The average Bonchev–Trinajstić information content (AvgIpc) is 2.92. The van der Waals surface area contributed by atoms with Crippen molar-refractivity contribution < 1.29 is 0 Å². The molecule has 0 aliphatic rings. The molecule has 0 spiro atoms. The van der Waals surface area contributed by atoms with Crippen molar-refractivity contribution in [2.75, 3.05) is 0 Å². The van der Waals surface area contributed by atoms with Gasteiger partial charge in [-0.2, -0.15) is 0 Å². The Balaban J connectivity index is 3.65. The van der Waals surface area contributed by atoms with Gasteiger partial charge in [-0.3, -0.25) is 0 Å². The summed E-state index contributed by atoms with van der Waals surface area (Å²) in [6.07, 6.45) is 43.9. The van der Waals surface area contributed by atoms with Gasteiger partial charge in [0.25, 0.3) is 0 Å². The molecule has 0 saturated heterocycles. The summed E-state index contributed by atoms with van der Waals surface area (Å²) in [7, 11) is 0. The van der Waals surface area contributed by atoms with Gasteiger partial charge in [-0.05, 0) is 35.5 Å². The first-order valence-electron chi connectivity index (χ1n) is 20.1. The van der Waals surface area contributed by atoms with Crippen LogP contribution in [0.2, 0.25) is 0 Å². The quantitative estimate of drug-likeness (QED) is 0.0683. The monoisotopic (exact) mass is 591 g/mol. The van der Waals surface area contributed by atoms with Crippen LogP contribution in [0.15, 0.2) is 0 Å². The molecule has 0 aromatic rings. The highest BCUT2D eigenvalue weighted by atomic mass is 14.4. The van der Waals surface area contributed by atoms with E-state index in [2.05, 4.69) is 55.4 Å². The van der Waals surface area contributed by atoms with E-state index < -0.39 is 0 Å². The van der Waals surface area contributed by atoms with E-state index in [0.29, 0.717) is 10.8 Å². The molecule has 0 heteroatoms. The van der Waals surface area contributed by atoms with Crippen LogP contribution < -0.4 is 0 Å². The lowest BCUT2D eigenvalue weighted by Crippen LogP contribution is -2.32. The molecular formula is C42H86. The molecule has 0 rings (SSSR count). The van der Waals surface area contributed by atoms with E-state index in [9.17, 15) is 0 Å². The molecule has 0 bridgehead atoms. The third-order valence-electron chi connectivity index (χ3n) is 10.8. The molecule has 254 valence electrons. The lowest BCUT2D eigenvalue weighted by atomic mass is 9.63. The van der Waals surface area contributed by atoms with Crippen LogP contribution in [0.3, 0.4) is 0 Å². The van der Waals surface area contributed by atoms with Crippen molar-refractivity contribution in [3.05, 3.63) is 0 Å². The maximum absolute atomic E-state index is 2.61. The SMILES string of the molecule is CC(C)CCCCCCCCCCCCCCCC(C)(CCCCCCCCCCCCCCCC(C)C)C(C)(C)C. The van der Waals surface area contributed by atoms with Gasteiger partial charge in [0.2, 0.25) is 0 Å². The van der Waals surface area contributed by atoms with Crippen LogP contribution in [-0.2, 0) is 0 Å². The molecule has 0 fully saturated rings. The minimum absolute atomic E-state index is 0.426. The van der Waals surface area contributed by atoms with Crippen LogP contribution in [-0.4, -0.2) is 0 Å². The van der Waals surface area contributed by atoms with E-state index in [1.165, 1.54) is 193 Å². The molecule has 42 heavy (non-hydrogen) atoms. The van der Waals surface area contributed by atoms with Gasteiger partial charge < -0.3 is 0 Å². The molecule has 0 heterocycles. The number of hydrogen-bond donors (Lipinski definition) is 0. The fraction of sp³-hybridized carbons (Fsp3) is 1.00. The number of rotatable bonds is 32. The van der Waals surface area contributed by atoms with Gasteiger partial charge in [0.15, 0.2) is 0 Å². The molecule has 0 aliphatic carbocycles. The van der Waals surface area contributed by atoms with Gasteiger partial charge in [-0.25, -0.2) is 0 Å². The average molecular weight is 591 g/mol. The van der Waals surface area contributed by atoms with Crippen molar-refractivity contribution in [3.63, 3.8) is 0 Å².